The minimum atomic E-state index is 0.189. The monoisotopic (exact) mass is 431 g/mol. The molecule has 152 valence electrons. The maximum Gasteiger partial charge on any atom is 0.226 e. The van der Waals surface area contributed by atoms with Gasteiger partial charge in [0.05, 0.1) is 0 Å². The summed E-state index contributed by atoms with van der Waals surface area (Å²) in [5.41, 5.74) is 9.56. The predicted molar refractivity (Wildman–Crippen MR) is 129 cm³/mol. The van der Waals surface area contributed by atoms with Crippen molar-refractivity contribution in [3.8, 4) is 45.0 Å². The number of fused-ring (bicyclic) bond motifs is 3. The standard InChI is InChI=1S/C28H18ClN3/c29-28-31-26(18-7-2-1-3-8-18)30-27(32-28)22-11-6-10-19(15-22)20-13-14-25-23(16-20)17-21-9-4-5-12-24(21)25/h1-16H,17H2. The molecule has 3 nitrogen and oxygen atoms in total. The molecule has 1 aromatic heterocycles. The van der Waals surface area contributed by atoms with Crippen LogP contribution in [0.2, 0.25) is 5.28 Å². The largest absolute Gasteiger partial charge is 0.226 e. The first-order chi connectivity index (χ1) is 15.7. The number of halogens is 1. The maximum absolute atomic E-state index is 6.25. The fourth-order valence-electron chi connectivity index (χ4n) is 4.36. The lowest BCUT2D eigenvalue weighted by Gasteiger charge is -2.09. The first-order valence-corrected chi connectivity index (χ1v) is 10.9. The summed E-state index contributed by atoms with van der Waals surface area (Å²) in [6.45, 7) is 0. The highest BCUT2D eigenvalue weighted by Crippen LogP contribution is 2.38. The van der Waals surface area contributed by atoms with Crippen LogP contribution in [0.15, 0.2) is 97.1 Å². The first-order valence-electron chi connectivity index (χ1n) is 10.5. The summed E-state index contributed by atoms with van der Waals surface area (Å²) in [6, 6.07) is 33.4. The van der Waals surface area contributed by atoms with Crippen LogP contribution < -0.4 is 0 Å². The van der Waals surface area contributed by atoms with Crippen LogP contribution in [0.3, 0.4) is 0 Å². The van der Waals surface area contributed by atoms with Crippen molar-refractivity contribution in [1.82, 2.24) is 15.0 Å². The van der Waals surface area contributed by atoms with Crippen molar-refractivity contribution in [2.45, 2.75) is 6.42 Å². The Kier molecular flexibility index (Phi) is 4.55. The highest BCUT2D eigenvalue weighted by atomic mass is 35.5. The number of benzene rings is 4. The molecule has 5 aromatic rings. The number of aromatic nitrogens is 3. The zero-order valence-electron chi connectivity index (χ0n) is 17.2. The van der Waals surface area contributed by atoms with Crippen molar-refractivity contribution in [3.63, 3.8) is 0 Å². The molecule has 4 heteroatoms. The van der Waals surface area contributed by atoms with E-state index in [0.717, 1.165) is 23.1 Å². The van der Waals surface area contributed by atoms with Crippen LogP contribution in [-0.4, -0.2) is 15.0 Å². The van der Waals surface area contributed by atoms with Gasteiger partial charge in [-0.3, -0.25) is 0 Å². The van der Waals surface area contributed by atoms with Gasteiger partial charge >= 0.3 is 0 Å². The Morgan fingerprint density at radius 1 is 0.500 bits per heavy atom. The average molecular weight is 432 g/mol. The molecule has 0 aliphatic heterocycles. The minimum Gasteiger partial charge on any atom is -0.208 e. The molecule has 0 radical (unpaired) electrons. The molecule has 1 aliphatic carbocycles. The van der Waals surface area contributed by atoms with E-state index in [9.17, 15) is 0 Å². The van der Waals surface area contributed by atoms with Crippen LogP contribution in [0.25, 0.3) is 45.0 Å². The Morgan fingerprint density at radius 3 is 2.03 bits per heavy atom. The van der Waals surface area contributed by atoms with Crippen LogP contribution in [0.4, 0.5) is 0 Å². The second-order valence-corrected chi connectivity index (χ2v) is 8.24. The molecule has 0 saturated heterocycles. The van der Waals surface area contributed by atoms with Crippen molar-refractivity contribution in [2.24, 2.45) is 0 Å². The molecule has 6 rings (SSSR count). The molecule has 32 heavy (non-hydrogen) atoms. The van der Waals surface area contributed by atoms with E-state index in [-0.39, 0.29) is 5.28 Å². The molecule has 1 aliphatic rings. The predicted octanol–water partition coefficient (Wildman–Crippen LogP) is 7.10. The minimum absolute atomic E-state index is 0.189. The second kappa shape index (κ2) is 7.70. The van der Waals surface area contributed by atoms with Crippen molar-refractivity contribution < 1.29 is 0 Å². The van der Waals surface area contributed by atoms with E-state index in [1.165, 1.54) is 27.8 Å². The van der Waals surface area contributed by atoms with E-state index in [0.29, 0.717) is 11.6 Å². The van der Waals surface area contributed by atoms with E-state index in [2.05, 4.69) is 69.5 Å². The SMILES string of the molecule is Clc1nc(-c2ccccc2)nc(-c2cccc(-c3ccc4c(c3)Cc3ccccc3-4)c2)n1. The molecule has 0 fully saturated rings. The summed E-state index contributed by atoms with van der Waals surface area (Å²) in [5.74, 6) is 1.14. The zero-order valence-corrected chi connectivity index (χ0v) is 17.9. The number of rotatable bonds is 3. The second-order valence-electron chi connectivity index (χ2n) is 7.90. The molecule has 1 heterocycles. The van der Waals surface area contributed by atoms with Crippen LogP contribution in [0, 0.1) is 0 Å². The Bertz CT molecular complexity index is 1460. The number of nitrogens with zero attached hydrogens (tertiary/aromatic N) is 3. The van der Waals surface area contributed by atoms with Gasteiger partial charge in [-0.2, -0.15) is 9.97 Å². The van der Waals surface area contributed by atoms with E-state index in [1.54, 1.807) is 0 Å². The topological polar surface area (TPSA) is 38.7 Å². The molecule has 0 bridgehead atoms. The lowest BCUT2D eigenvalue weighted by molar-refractivity contribution is 1.07. The molecule has 0 atom stereocenters. The third-order valence-electron chi connectivity index (χ3n) is 5.89. The number of hydrogen-bond acceptors (Lipinski definition) is 3. The van der Waals surface area contributed by atoms with Crippen LogP contribution in [0.1, 0.15) is 11.1 Å². The summed E-state index contributed by atoms with van der Waals surface area (Å²) in [7, 11) is 0. The maximum atomic E-state index is 6.25. The highest BCUT2D eigenvalue weighted by molar-refractivity contribution is 6.28. The smallest absolute Gasteiger partial charge is 0.208 e. The number of hydrogen-bond donors (Lipinski definition) is 0. The van der Waals surface area contributed by atoms with Crippen molar-refractivity contribution in [3.05, 3.63) is 113 Å². The summed E-state index contributed by atoms with van der Waals surface area (Å²) in [5, 5.41) is 0.189. The normalized spacial score (nSPS) is 11.8. The van der Waals surface area contributed by atoms with Crippen LogP contribution >= 0.6 is 11.6 Å². The van der Waals surface area contributed by atoms with E-state index in [4.69, 9.17) is 11.6 Å². The summed E-state index contributed by atoms with van der Waals surface area (Å²) >= 11 is 6.25. The van der Waals surface area contributed by atoms with E-state index >= 15 is 0 Å². The van der Waals surface area contributed by atoms with Gasteiger partial charge in [0.1, 0.15) is 0 Å². The fraction of sp³-hybridized carbons (Fsp3) is 0.0357. The lowest BCUT2D eigenvalue weighted by Crippen LogP contribution is -1.97. The van der Waals surface area contributed by atoms with Crippen molar-refractivity contribution in [1.29, 1.82) is 0 Å². The third kappa shape index (κ3) is 3.37. The van der Waals surface area contributed by atoms with E-state index in [1.807, 2.05) is 42.5 Å². The van der Waals surface area contributed by atoms with Crippen LogP contribution in [0.5, 0.6) is 0 Å². The van der Waals surface area contributed by atoms with Gasteiger partial charge in [-0.1, -0.05) is 91.0 Å². The van der Waals surface area contributed by atoms with Gasteiger partial charge in [0.2, 0.25) is 5.28 Å². The van der Waals surface area contributed by atoms with Gasteiger partial charge in [0.25, 0.3) is 0 Å². The molecular formula is C28H18ClN3. The quantitative estimate of drug-likeness (QED) is 0.300. The summed E-state index contributed by atoms with van der Waals surface area (Å²) < 4.78 is 0. The van der Waals surface area contributed by atoms with E-state index < -0.39 is 0 Å². The third-order valence-corrected chi connectivity index (χ3v) is 6.06. The summed E-state index contributed by atoms with van der Waals surface area (Å²) in [6.07, 6.45) is 0.975. The Balaban J connectivity index is 1.39. The Morgan fingerprint density at radius 2 is 1.16 bits per heavy atom. The Hall–Kier alpha value is -3.82. The summed E-state index contributed by atoms with van der Waals surface area (Å²) in [4.78, 5) is 13.4. The van der Waals surface area contributed by atoms with Gasteiger partial charge in [0.15, 0.2) is 11.6 Å². The first kappa shape index (κ1) is 18.9. The van der Waals surface area contributed by atoms with Crippen LogP contribution in [-0.2, 0) is 6.42 Å². The van der Waals surface area contributed by atoms with Gasteiger partial charge < -0.3 is 0 Å². The van der Waals surface area contributed by atoms with Crippen molar-refractivity contribution in [2.75, 3.05) is 0 Å². The van der Waals surface area contributed by atoms with Crippen molar-refractivity contribution >= 4 is 11.6 Å². The molecule has 0 saturated carbocycles. The molecule has 4 aromatic carbocycles. The van der Waals surface area contributed by atoms with Gasteiger partial charge in [0, 0.05) is 11.1 Å². The average Bonchev–Trinajstić information content (AvgIpc) is 3.22. The molecule has 0 amide bonds. The van der Waals surface area contributed by atoms with Gasteiger partial charge in [-0.05, 0) is 57.5 Å². The molecule has 0 spiro atoms. The lowest BCUT2D eigenvalue weighted by atomic mass is 9.98. The van der Waals surface area contributed by atoms with Gasteiger partial charge in [-0.25, -0.2) is 4.98 Å². The highest BCUT2D eigenvalue weighted by Gasteiger charge is 2.18. The molecule has 0 unspecified atom stereocenters. The zero-order chi connectivity index (χ0) is 21.5. The fourth-order valence-corrected chi connectivity index (χ4v) is 4.52. The van der Waals surface area contributed by atoms with Gasteiger partial charge in [-0.15, -0.1) is 0 Å². The molecular weight excluding hydrogens is 414 g/mol. The molecule has 0 N–H and O–H groups in total. The Labute approximate surface area is 191 Å².